The van der Waals surface area contributed by atoms with Crippen LogP contribution in [0, 0.1) is 13.8 Å². The van der Waals surface area contributed by atoms with Gasteiger partial charge in [0.1, 0.15) is 0 Å². The third-order valence-corrected chi connectivity index (χ3v) is 5.15. The van der Waals surface area contributed by atoms with Crippen molar-refractivity contribution in [2.45, 2.75) is 26.7 Å². The molecule has 0 fully saturated rings. The molecule has 0 aliphatic carbocycles. The van der Waals surface area contributed by atoms with Crippen LogP contribution in [-0.4, -0.2) is 16.6 Å². The molecule has 3 rings (SSSR count). The maximum atomic E-state index is 5.41. The summed E-state index contributed by atoms with van der Waals surface area (Å²) in [5, 5.41) is 7.95. The molecule has 3 nitrogen and oxygen atoms in total. The average molecular weight is 356 g/mol. The first-order chi connectivity index (χ1) is 11.5. The van der Waals surface area contributed by atoms with Crippen molar-refractivity contribution >= 4 is 44.0 Å². The fourth-order valence-corrected chi connectivity index (χ4v) is 4.00. The molecular formula is C19H21N3S2. The SMILES string of the molecule is Cc1cc(C)c2nc(NC(=S)NC[C@H](C)c3ccccc3)sc2c1. The monoisotopic (exact) mass is 355 g/mol. The minimum Gasteiger partial charge on any atom is -0.362 e. The van der Waals surface area contributed by atoms with Gasteiger partial charge in [0.15, 0.2) is 10.2 Å². The molecule has 0 radical (unpaired) electrons. The highest BCUT2D eigenvalue weighted by atomic mass is 32.1. The fraction of sp³-hybridized carbons (Fsp3) is 0.263. The molecule has 24 heavy (non-hydrogen) atoms. The highest BCUT2D eigenvalue weighted by molar-refractivity contribution is 7.80. The first-order valence-electron chi connectivity index (χ1n) is 8.00. The Morgan fingerprint density at radius 3 is 2.71 bits per heavy atom. The lowest BCUT2D eigenvalue weighted by Gasteiger charge is -2.14. The van der Waals surface area contributed by atoms with Gasteiger partial charge in [0.25, 0.3) is 0 Å². The van der Waals surface area contributed by atoms with Gasteiger partial charge in [-0.25, -0.2) is 4.98 Å². The molecule has 2 aromatic carbocycles. The number of thiazole rings is 1. The van der Waals surface area contributed by atoms with Crippen LogP contribution in [-0.2, 0) is 0 Å². The van der Waals surface area contributed by atoms with Crippen LogP contribution in [0.15, 0.2) is 42.5 Å². The van der Waals surface area contributed by atoms with Gasteiger partial charge >= 0.3 is 0 Å². The second-order valence-corrected chi connectivity index (χ2v) is 7.53. The van der Waals surface area contributed by atoms with Gasteiger partial charge in [-0.15, -0.1) is 0 Å². The lowest BCUT2D eigenvalue weighted by molar-refractivity contribution is 0.723. The van der Waals surface area contributed by atoms with Crippen LogP contribution < -0.4 is 10.6 Å². The van der Waals surface area contributed by atoms with Crippen molar-refractivity contribution in [2.24, 2.45) is 0 Å². The smallest absolute Gasteiger partial charge is 0.190 e. The molecule has 2 N–H and O–H groups in total. The summed E-state index contributed by atoms with van der Waals surface area (Å²) < 4.78 is 1.19. The molecule has 0 saturated carbocycles. The number of nitrogens with one attached hydrogen (secondary N) is 2. The highest BCUT2D eigenvalue weighted by Gasteiger charge is 2.09. The molecule has 0 aliphatic heterocycles. The fourth-order valence-electron chi connectivity index (χ4n) is 2.71. The Hall–Kier alpha value is -1.98. The lowest BCUT2D eigenvalue weighted by atomic mass is 10.0. The van der Waals surface area contributed by atoms with E-state index in [1.807, 2.05) is 6.07 Å². The van der Waals surface area contributed by atoms with Gasteiger partial charge in [0.2, 0.25) is 0 Å². The zero-order valence-electron chi connectivity index (χ0n) is 14.1. The second kappa shape index (κ2) is 7.28. The number of hydrogen-bond acceptors (Lipinski definition) is 3. The zero-order chi connectivity index (χ0) is 17.1. The number of anilines is 1. The summed E-state index contributed by atoms with van der Waals surface area (Å²) in [4.78, 5) is 4.66. The van der Waals surface area contributed by atoms with Crippen LogP contribution in [0.25, 0.3) is 10.2 Å². The molecule has 0 aliphatic rings. The van der Waals surface area contributed by atoms with Crippen molar-refractivity contribution in [3.63, 3.8) is 0 Å². The Balaban J connectivity index is 1.62. The topological polar surface area (TPSA) is 37.0 Å². The van der Waals surface area contributed by atoms with Crippen molar-refractivity contribution in [3.05, 3.63) is 59.2 Å². The van der Waals surface area contributed by atoms with Gasteiger partial charge in [0, 0.05) is 6.54 Å². The summed E-state index contributed by atoms with van der Waals surface area (Å²) in [5.41, 5.74) is 4.81. The van der Waals surface area contributed by atoms with E-state index in [1.165, 1.54) is 21.4 Å². The summed E-state index contributed by atoms with van der Waals surface area (Å²) in [6.07, 6.45) is 0. The van der Waals surface area contributed by atoms with E-state index < -0.39 is 0 Å². The van der Waals surface area contributed by atoms with Crippen molar-refractivity contribution in [1.29, 1.82) is 0 Å². The zero-order valence-corrected chi connectivity index (χ0v) is 15.7. The second-order valence-electron chi connectivity index (χ2n) is 6.09. The number of aryl methyl sites for hydroxylation is 2. The third kappa shape index (κ3) is 3.91. The van der Waals surface area contributed by atoms with E-state index in [0.29, 0.717) is 11.0 Å². The van der Waals surface area contributed by atoms with Crippen molar-refractivity contribution in [2.75, 3.05) is 11.9 Å². The molecule has 1 aromatic heterocycles. The Labute approximate surface area is 152 Å². The molecular weight excluding hydrogens is 334 g/mol. The number of rotatable bonds is 4. The molecule has 1 atom stereocenters. The number of aromatic nitrogens is 1. The number of fused-ring (bicyclic) bond motifs is 1. The minimum absolute atomic E-state index is 0.395. The summed E-state index contributed by atoms with van der Waals surface area (Å²) in [7, 11) is 0. The molecule has 0 bridgehead atoms. The van der Waals surface area contributed by atoms with Gasteiger partial charge in [-0.3, -0.25) is 0 Å². The molecule has 1 heterocycles. The summed E-state index contributed by atoms with van der Waals surface area (Å²) in [6.45, 7) is 7.18. The molecule has 5 heteroatoms. The van der Waals surface area contributed by atoms with Crippen LogP contribution in [0.3, 0.4) is 0 Å². The van der Waals surface area contributed by atoms with Crippen LogP contribution in [0.4, 0.5) is 5.13 Å². The van der Waals surface area contributed by atoms with E-state index in [0.717, 1.165) is 17.2 Å². The maximum Gasteiger partial charge on any atom is 0.190 e. The van der Waals surface area contributed by atoms with Gasteiger partial charge in [-0.2, -0.15) is 0 Å². The van der Waals surface area contributed by atoms with Gasteiger partial charge in [-0.05, 0) is 54.7 Å². The summed E-state index contributed by atoms with van der Waals surface area (Å²) in [5.74, 6) is 0.395. The van der Waals surface area contributed by atoms with Crippen LogP contribution in [0.1, 0.15) is 29.5 Å². The van der Waals surface area contributed by atoms with Gasteiger partial charge in [0.05, 0.1) is 10.2 Å². The average Bonchev–Trinajstić information content (AvgIpc) is 2.96. The normalized spacial score (nSPS) is 12.1. The predicted octanol–water partition coefficient (Wildman–Crippen LogP) is 5.00. The van der Waals surface area contributed by atoms with E-state index >= 15 is 0 Å². The number of hydrogen-bond donors (Lipinski definition) is 2. The van der Waals surface area contributed by atoms with Crippen molar-refractivity contribution < 1.29 is 0 Å². The minimum atomic E-state index is 0.395. The Kier molecular flexibility index (Phi) is 5.11. The first-order valence-corrected chi connectivity index (χ1v) is 9.23. The number of benzene rings is 2. The Bertz CT molecular complexity index is 856. The lowest BCUT2D eigenvalue weighted by Crippen LogP contribution is -2.31. The third-order valence-electron chi connectivity index (χ3n) is 3.99. The van der Waals surface area contributed by atoms with E-state index in [2.05, 4.69) is 72.8 Å². The van der Waals surface area contributed by atoms with Crippen LogP contribution in [0.2, 0.25) is 0 Å². The first kappa shape index (κ1) is 16.9. The largest absolute Gasteiger partial charge is 0.362 e. The Morgan fingerprint density at radius 1 is 1.21 bits per heavy atom. The Morgan fingerprint density at radius 2 is 1.96 bits per heavy atom. The molecule has 124 valence electrons. The van der Waals surface area contributed by atoms with Crippen molar-refractivity contribution in [3.8, 4) is 0 Å². The summed E-state index contributed by atoms with van der Waals surface area (Å²) >= 11 is 7.05. The predicted molar refractivity (Wildman–Crippen MR) is 108 cm³/mol. The highest BCUT2D eigenvalue weighted by Crippen LogP contribution is 2.29. The maximum absolute atomic E-state index is 5.41. The molecule has 0 spiro atoms. The van der Waals surface area contributed by atoms with E-state index in [-0.39, 0.29) is 0 Å². The molecule has 0 unspecified atom stereocenters. The van der Waals surface area contributed by atoms with Gasteiger partial charge < -0.3 is 10.6 Å². The van der Waals surface area contributed by atoms with E-state index in [1.54, 1.807) is 11.3 Å². The quantitative estimate of drug-likeness (QED) is 0.646. The molecule has 0 saturated heterocycles. The molecule has 3 aromatic rings. The van der Waals surface area contributed by atoms with E-state index in [4.69, 9.17) is 12.2 Å². The van der Waals surface area contributed by atoms with Crippen LogP contribution >= 0.6 is 23.6 Å². The number of thiocarbonyl (C=S) groups is 1. The summed E-state index contributed by atoms with van der Waals surface area (Å²) in [6, 6.07) is 14.8. The van der Waals surface area contributed by atoms with Crippen molar-refractivity contribution in [1.82, 2.24) is 10.3 Å². The van der Waals surface area contributed by atoms with Gasteiger partial charge in [-0.1, -0.05) is 54.7 Å². The van der Waals surface area contributed by atoms with Crippen LogP contribution in [0.5, 0.6) is 0 Å². The number of nitrogens with zero attached hydrogens (tertiary/aromatic N) is 1. The standard InChI is InChI=1S/C19H21N3S2/c1-12-9-13(2)17-16(10-12)24-19(21-17)22-18(23)20-11-14(3)15-7-5-4-6-8-15/h4-10,14H,11H2,1-3H3,(H2,20,21,22,23)/t14-/m0/s1. The molecule has 0 amide bonds. The van der Waals surface area contributed by atoms with E-state index in [9.17, 15) is 0 Å².